The number of aliphatic hydroxyl groups is 2. The Morgan fingerprint density at radius 1 is 0.833 bits per heavy atom. The Bertz CT molecular complexity index is 1100. The number of aromatic nitrogens is 1. The fourth-order valence-electron chi connectivity index (χ4n) is 3.95. The third-order valence-electron chi connectivity index (χ3n) is 5.22. The average Bonchev–Trinajstić information content (AvgIpc) is 2.63. The van der Waals surface area contributed by atoms with E-state index in [1.165, 1.54) is 10.8 Å². The molecule has 1 aromatic heterocycles. The Balaban J connectivity index is 1.89. The first-order chi connectivity index (χ1) is 11.7. The van der Waals surface area contributed by atoms with Gasteiger partial charge >= 0.3 is 0 Å². The highest BCUT2D eigenvalue weighted by atomic mass is 16.3. The van der Waals surface area contributed by atoms with Gasteiger partial charge in [-0.25, -0.2) is 4.98 Å². The lowest BCUT2D eigenvalue weighted by molar-refractivity contribution is 0.00675. The Labute approximate surface area is 139 Å². The molecule has 0 saturated carbocycles. The van der Waals surface area contributed by atoms with Crippen molar-refractivity contribution in [2.45, 2.75) is 25.0 Å². The fourth-order valence-corrected chi connectivity index (χ4v) is 3.95. The van der Waals surface area contributed by atoms with Gasteiger partial charge in [-0.1, -0.05) is 36.4 Å². The SMILES string of the molecule is O[C@H]1CCc2c(ccc3nc4ccc5ccccc5c4cc23)[C@@H]1O. The highest BCUT2D eigenvalue weighted by Gasteiger charge is 2.27. The quantitative estimate of drug-likeness (QED) is 0.382. The van der Waals surface area contributed by atoms with E-state index >= 15 is 0 Å². The third-order valence-corrected chi connectivity index (χ3v) is 5.22. The lowest BCUT2D eigenvalue weighted by Gasteiger charge is -2.27. The first-order valence-electron chi connectivity index (χ1n) is 8.32. The number of pyridine rings is 1. The van der Waals surface area contributed by atoms with E-state index in [0.717, 1.165) is 39.4 Å². The van der Waals surface area contributed by atoms with Crippen LogP contribution in [-0.4, -0.2) is 21.3 Å². The lowest BCUT2D eigenvalue weighted by atomic mass is 9.85. The number of hydrogen-bond acceptors (Lipinski definition) is 3. The molecule has 118 valence electrons. The van der Waals surface area contributed by atoms with Gasteiger partial charge in [-0.2, -0.15) is 0 Å². The molecule has 0 saturated heterocycles. The van der Waals surface area contributed by atoms with Crippen molar-refractivity contribution < 1.29 is 10.2 Å². The third kappa shape index (κ3) is 1.89. The van der Waals surface area contributed by atoms with Gasteiger partial charge in [-0.05, 0) is 52.9 Å². The number of aliphatic hydroxyl groups excluding tert-OH is 2. The molecule has 0 unspecified atom stereocenters. The van der Waals surface area contributed by atoms with Crippen molar-refractivity contribution in [3.63, 3.8) is 0 Å². The molecule has 3 nitrogen and oxygen atoms in total. The monoisotopic (exact) mass is 315 g/mol. The maximum atomic E-state index is 10.3. The molecule has 0 aliphatic heterocycles. The lowest BCUT2D eigenvalue weighted by Crippen LogP contribution is -2.25. The van der Waals surface area contributed by atoms with E-state index in [9.17, 15) is 10.2 Å². The molecule has 3 heteroatoms. The highest BCUT2D eigenvalue weighted by Crippen LogP contribution is 2.36. The van der Waals surface area contributed by atoms with Crippen LogP contribution in [0, 0.1) is 0 Å². The largest absolute Gasteiger partial charge is 0.390 e. The van der Waals surface area contributed by atoms with Crippen LogP contribution in [0.3, 0.4) is 0 Å². The number of hydrogen-bond donors (Lipinski definition) is 2. The van der Waals surface area contributed by atoms with E-state index < -0.39 is 12.2 Å². The maximum absolute atomic E-state index is 10.3. The standard InChI is InChI=1S/C21H17NO2/c23-20-10-7-14-15(21(20)24)6-9-19-17(14)11-16-13-4-2-1-3-12(13)5-8-18(16)22-19/h1-6,8-9,11,20-21,23-24H,7,10H2/t20-,21-/m0/s1. The zero-order chi connectivity index (χ0) is 16.3. The van der Waals surface area contributed by atoms with Crippen molar-refractivity contribution in [1.82, 2.24) is 4.98 Å². The molecule has 2 N–H and O–H groups in total. The summed E-state index contributed by atoms with van der Waals surface area (Å²) in [5.41, 5.74) is 3.88. The molecular formula is C21H17NO2. The van der Waals surface area contributed by atoms with Gasteiger partial charge in [0.2, 0.25) is 0 Å². The van der Waals surface area contributed by atoms with Crippen LogP contribution >= 0.6 is 0 Å². The second-order valence-corrected chi connectivity index (χ2v) is 6.59. The summed E-state index contributed by atoms with van der Waals surface area (Å²) in [7, 11) is 0. The highest BCUT2D eigenvalue weighted by molar-refractivity contribution is 6.10. The molecule has 2 atom stereocenters. The van der Waals surface area contributed by atoms with Crippen LogP contribution < -0.4 is 0 Å². The second-order valence-electron chi connectivity index (χ2n) is 6.59. The van der Waals surface area contributed by atoms with Gasteiger partial charge in [-0.15, -0.1) is 0 Å². The molecule has 3 aromatic carbocycles. The predicted molar refractivity (Wildman–Crippen MR) is 96.0 cm³/mol. The zero-order valence-electron chi connectivity index (χ0n) is 13.1. The first-order valence-corrected chi connectivity index (χ1v) is 8.32. The average molecular weight is 315 g/mol. The van der Waals surface area contributed by atoms with Crippen LogP contribution in [0.4, 0.5) is 0 Å². The topological polar surface area (TPSA) is 53.4 Å². The maximum Gasteiger partial charge on any atom is 0.105 e. The van der Waals surface area contributed by atoms with Crippen LogP contribution in [0.5, 0.6) is 0 Å². The van der Waals surface area contributed by atoms with Crippen LogP contribution in [0.25, 0.3) is 32.6 Å². The molecule has 0 bridgehead atoms. The molecule has 1 aliphatic rings. The van der Waals surface area contributed by atoms with Crippen molar-refractivity contribution in [3.05, 3.63) is 65.7 Å². The number of benzene rings is 3. The minimum atomic E-state index is -0.804. The summed E-state index contributed by atoms with van der Waals surface area (Å²) >= 11 is 0. The van der Waals surface area contributed by atoms with Crippen LogP contribution in [0.1, 0.15) is 23.7 Å². The van der Waals surface area contributed by atoms with Gasteiger partial charge in [0.05, 0.1) is 17.1 Å². The molecule has 1 heterocycles. The smallest absolute Gasteiger partial charge is 0.105 e. The van der Waals surface area contributed by atoms with Gasteiger partial charge in [-0.3, -0.25) is 0 Å². The number of aryl methyl sites for hydroxylation is 1. The van der Waals surface area contributed by atoms with Crippen molar-refractivity contribution in [3.8, 4) is 0 Å². The molecule has 1 aliphatic carbocycles. The van der Waals surface area contributed by atoms with E-state index in [1.54, 1.807) is 0 Å². The van der Waals surface area contributed by atoms with Crippen molar-refractivity contribution in [2.75, 3.05) is 0 Å². The molecule has 0 spiro atoms. The zero-order valence-corrected chi connectivity index (χ0v) is 13.1. The van der Waals surface area contributed by atoms with Gasteiger partial charge < -0.3 is 10.2 Å². The van der Waals surface area contributed by atoms with Gasteiger partial charge in [0, 0.05) is 10.8 Å². The van der Waals surface area contributed by atoms with Crippen LogP contribution in [0.15, 0.2) is 54.6 Å². The molecule has 0 fully saturated rings. The minimum Gasteiger partial charge on any atom is -0.390 e. The van der Waals surface area contributed by atoms with E-state index in [1.807, 2.05) is 24.3 Å². The molecule has 0 radical (unpaired) electrons. The summed E-state index contributed by atoms with van der Waals surface area (Å²) in [4.78, 5) is 4.84. The van der Waals surface area contributed by atoms with Crippen molar-refractivity contribution in [2.24, 2.45) is 0 Å². The van der Waals surface area contributed by atoms with Gasteiger partial charge in [0.25, 0.3) is 0 Å². The molecule has 24 heavy (non-hydrogen) atoms. The van der Waals surface area contributed by atoms with Gasteiger partial charge in [0.15, 0.2) is 0 Å². The fraction of sp³-hybridized carbons (Fsp3) is 0.190. The van der Waals surface area contributed by atoms with Crippen molar-refractivity contribution in [1.29, 1.82) is 0 Å². The molecule has 0 amide bonds. The Morgan fingerprint density at radius 3 is 2.54 bits per heavy atom. The van der Waals surface area contributed by atoms with E-state index in [2.05, 4.69) is 30.3 Å². The summed E-state index contributed by atoms with van der Waals surface area (Å²) in [6.07, 6.45) is -0.130. The summed E-state index contributed by atoms with van der Waals surface area (Å²) in [5, 5.41) is 24.9. The summed E-state index contributed by atoms with van der Waals surface area (Å²) in [5.74, 6) is 0. The summed E-state index contributed by atoms with van der Waals surface area (Å²) in [6, 6.07) is 18.6. The molecular weight excluding hydrogens is 298 g/mol. The predicted octanol–water partition coefficient (Wildman–Crippen LogP) is 3.88. The molecule has 5 rings (SSSR count). The van der Waals surface area contributed by atoms with Crippen LogP contribution in [0.2, 0.25) is 0 Å². The van der Waals surface area contributed by atoms with E-state index in [0.29, 0.717) is 6.42 Å². The summed E-state index contributed by atoms with van der Waals surface area (Å²) < 4.78 is 0. The Morgan fingerprint density at radius 2 is 1.62 bits per heavy atom. The number of rotatable bonds is 0. The normalized spacial score (nSPS) is 20.6. The second kappa shape index (κ2) is 5.00. The first kappa shape index (κ1) is 13.9. The minimum absolute atomic E-state index is 0.584. The van der Waals surface area contributed by atoms with E-state index in [-0.39, 0.29) is 0 Å². The van der Waals surface area contributed by atoms with Crippen LogP contribution in [-0.2, 0) is 6.42 Å². The van der Waals surface area contributed by atoms with E-state index in [4.69, 9.17) is 4.98 Å². The number of fused-ring (bicyclic) bond motifs is 6. The summed E-state index contributed by atoms with van der Waals surface area (Å²) in [6.45, 7) is 0. The Kier molecular flexibility index (Phi) is 2.90. The van der Waals surface area contributed by atoms with Gasteiger partial charge in [0.1, 0.15) is 6.10 Å². The molecule has 4 aromatic rings. The van der Waals surface area contributed by atoms with Crippen molar-refractivity contribution >= 4 is 32.6 Å². The number of nitrogens with zero attached hydrogens (tertiary/aromatic N) is 1. The Hall–Kier alpha value is -2.49.